The molecule has 12 heavy (non-hydrogen) atoms. The first-order valence-electron chi connectivity index (χ1n) is 4.77. The average Bonchev–Trinajstić information content (AvgIpc) is 2.48. The van der Waals surface area contributed by atoms with Gasteiger partial charge in [0, 0.05) is 18.5 Å². The zero-order valence-corrected chi connectivity index (χ0v) is 7.71. The molecule has 2 rings (SSSR count). The lowest BCUT2D eigenvalue weighted by Gasteiger charge is -2.41. The molecule has 0 saturated carbocycles. The number of piperidine rings is 1. The Labute approximate surface area is 73.8 Å². The van der Waals surface area contributed by atoms with E-state index >= 15 is 0 Å². The molecule has 0 aromatic heterocycles. The summed E-state index contributed by atoms with van der Waals surface area (Å²) >= 11 is 0. The first-order valence-corrected chi connectivity index (χ1v) is 4.77. The molecule has 0 bridgehead atoms. The number of nitrogens with zero attached hydrogens (tertiary/aromatic N) is 1. The van der Waals surface area contributed by atoms with Gasteiger partial charge < -0.3 is 15.3 Å². The minimum Gasteiger partial charge on any atom is -0.396 e. The van der Waals surface area contributed by atoms with Gasteiger partial charge in [-0.1, -0.05) is 0 Å². The predicted octanol–water partition coefficient (Wildman–Crippen LogP) is -0.480. The van der Waals surface area contributed by atoms with Crippen LogP contribution in [0.2, 0.25) is 0 Å². The van der Waals surface area contributed by atoms with E-state index in [1.54, 1.807) is 0 Å². The van der Waals surface area contributed by atoms with Crippen LogP contribution in [0, 0.1) is 11.3 Å². The molecule has 0 aliphatic carbocycles. The zero-order chi connectivity index (χ0) is 8.60. The lowest BCUT2D eigenvalue weighted by molar-refractivity contribution is 0.0301. The molecule has 2 atom stereocenters. The summed E-state index contributed by atoms with van der Waals surface area (Å²) in [5.41, 5.74) is 0.215. The highest BCUT2D eigenvalue weighted by Gasteiger charge is 2.44. The largest absolute Gasteiger partial charge is 0.396 e. The van der Waals surface area contributed by atoms with Crippen molar-refractivity contribution in [3.05, 3.63) is 0 Å². The summed E-state index contributed by atoms with van der Waals surface area (Å²) in [6, 6.07) is 0. The van der Waals surface area contributed by atoms with E-state index < -0.39 is 0 Å². The lowest BCUT2D eigenvalue weighted by Crippen LogP contribution is -2.47. The highest BCUT2D eigenvalue weighted by atomic mass is 16.3. The second-order valence-electron chi connectivity index (χ2n) is 4.36. The van der Waals surface area contributed by atoms with E-state index in [0.717, 1.165) is 32.6 Å². The number of fused-ring (bicyclic) bond motifs is 1. The summed E-state index contributed by atoms with van der Waals surface area (Å²) in [5, 5.41) is 12.8. The molecule has 2 saturated heterocycles. The molecule has 3 nitrogen and oxygen atoms in total. The molecule has 2 N–H and O–H groups in total. The monoisotopic (exact) mass is 170 g/mol. The molecular weight excluding hydrogens is 152 g/mol. The van der Waals surface area contributed by atoms with Crippen molar-refractivity contribution in [3.8, 4) is 0 Å². The number of hydrogen-bond donors (Lipinski definition) is 2. The Bertz CT molecular complexity index is 174. The molecule has 2 heterocycles. The maximum Gasteiger partial charge on any atom is 0.0503 e. The van der Waals surface area contributed by atoms with Crippen molar-refractivity contribution in [2.24, 2.45) is 11.3 Å². The number of aliphatic hydroxyl groups is 1. The molecule has 2 aliphatic rings. The first-order chi connectivity index (χ1) is 5.77. The van der Waals surface area contributed by atoms with Crippen molar-refractivity contribution in [1.29, 1.82) is 0 Å². The third-order valence-electron chi connectivity index (χ3n) is 3.57. The van der Waals surface area contributed by atoms with Crippen LogP contribution in [0.3, 0.4) is 0 Å². The van der Waals surface area contributed by atoms with Gasteiger partial charge >= 0.3 is 0 Å². The molecule has 0 aromatic carbocycles. The predicted molar refractivity (Wildman–Crippen MR) is 48.0 cm³/mol. The van der Waals surface area contributed by atoms with Crippen molar-refractivity contribution >= 4 is 0 Å². The van der Waals surface area contributed by atoms with Crippen LogP contribution in [0.15, 0.2) is 0 Å². The van der Waals surface area contributed by atoms with Crippen LogP contribution < -0.4 is 5.32 Å². The van der Waals surface area contributed by atoms with Gasteiger partial charge in [0.2, 0.25) is 0 Å². The summed E-state index contributed by atoms with van der Waals surface area (Å²) in [5.74, 6) is 0.668. The van der Waals surface area contributed by atoms with Gasteiger partial charge in [-0.15, -0.1) is 0 Å². The maximum absolute atomic E-state index is 9.38. The van der Waals surface area contributed by atoms with Crippen LogP contribution in [-0.4, -0.2) is 49.8 Å². The van der Waals surface area contributed by atoms with E-state index in [0.29, 0.717) is 12.5 Å². The van der Waals surface area contributed by atoms with E-state index in [1.165, 1.54) is 0 Å². The summed E-state index contributed by atoms with van der Waals surface area (Å²) in [7, 11) is 2.17. The Morgan fingerprint density at radius 3 is 3.25 bits per heavy atom. The van der Waals surface area contributed by atoms with E-state index in [9.17, 15) is 5.11 Å². The lowest BCUT2D eigenvalue weighted by atomic mass is 9.73. The number of nitrogens with one attached hydrogen (secondary N) is 1. The Kier molecular flexibility index (Phi) is 2.10. The van der Waals surface area contributed by atoms with Gasteiger partial charge in [0.1, 0.15) is 0 Å². The van der Waals surface area contributed by atoms with Gasteiger partial charge in [0.05, 0.1) is 6.61 Å². The summed E-state index contributed by atoms with van der Waals surface area (Å²) in [6.07, 6.45) is 1.15. The molecule has 70 valence electrons. The molecular formula is C9H18N2O. The van der Waals surface area contributed by atoms with Gasteiger partial charge in [0.25, 0.3) is 0 Å². The first kappa shape index (κ1) is 8.48. The SMILES string of the molecule is CN1CC[C@@]2(CO)CNC[C@@H]2C1. The van der Waals surface area contributed by atoms with Gasteiger partial charge in [0.15, 0.2) is 0 Å². The Morgan fingerprint density at radius 1 is 1.67 bits per heavy atom. The summed E-state index contributed by atoms with van der Waals surface area (Å²) in [6.45, 7) is 4.75. The van der Waals surface area contributed by atoms with E-state index in [2.05, 4.69) is 17.3 Å². The highest BCUT2D eigenvalue weighted by Crippen LogP contribution is 2.38. The molecule has 0 radical (unpaired) electrons. The van der Waals surface area contributed by atoms with Crippen LogP contribution in [-0.2, 0) is 0 Å². The molecule has 0 spiro atoms. The zero-order valence-electron chi connectivity index (χ0n) is 7.71. The molecule has 2 fully saturated rings. The molecule has 0 amide bonds. The third-order valence-corrected chi connectivity index (χ3v) is 3.57. The molecule has 0 aromatic rings. The fourth-order valence-corrected chi connectivity index (χ4v) is 2.55. The minimum absolute atomic E-state index is 0.215. The van der Waals surface area contributed by atoms with Crippen molar-refractivity contribution in [2.45, 2.75) is 6.42 Å². The van der Waals surface area contributed by atoms with Crippen LogP contribution >= 0.6 is 0 Å². The number of rotatable bonds is 1. The van der Waals surface area contributed by atoms with Crippen LogP contribution in [0.1, 0.15) is 6.42 Å². The standard InChI is InChI=1S/C9H18N2O/c1-11-3-2-9(7-12)6-10-4-8(9)5-11/h8,10,12H,2-7H2,1H3/t8-,9+/m1/s1. The maximum atomic E-state index is 9.38. The average molecular weight is 170 g/mol. The number of hydrogen-bond acceptors (Lipinski definition) is 3. The van der Waals surface area contributed by atoms with E-state index in [4.69, 9.17) is 0 Å². The molecule has 0 unspecified atom stereocenters. The van der Waals surface area contributed by atoms with Crippen molar-refractivity contribution in [1.82, 2.24) is 10.2 Å². The minimum atomic E-state index is 0.215. The van der Waals surface area contributed by atoms with Crippen LogP contribution in [0.5, 0.6) is 0 Å². The quantitative estimate of drug-likeness (QED) is 0.558. The Balaban J connectivity index is 2.10. The van der Waals surface area contributed by atoms with Crippen molar-refractivity contribution in [2.75, 3.05) is 39.8 Å². The van der Waals surface area contributed by atoms with Gasteiger partial charge in [-0.05, 0) is 32.5 Å². The fraction of sp³-hybridized carbons (Fsp3) is 1.00. The second kappa shape index (κ2) is 2.98. The van der Waals surface area contributed by atoms with Crippen molar-refractivity contribution < 1.29 is 5.11 Å². The number of likely N-dealkylation sites (tertiary alicyclic amines) is 1. The smallest absolute Gasteiger partial charge is 0.0503 e. The second-order valence-corrected chi connectivity index (χ2v) is 4.36. The van der Waals surface area contributed by atoms with Gasteiger partial charge in [-0.2, -0.15) is 0 Å². The Hall–Kier alpha value is -0.120. The topological polar surface area (TPSA) is 35.5 Å². The van der Waals surface area contributed by atoms with E-state index in [-0.39, 0.29) is 5.41 Å². The summed E-state index contributed by atoms with van der Waals surface area (Å²) in [4.78, 5) is 2.37. The third kappa shape index (κ3) is 1.16. The fourth-order valence-electron chi connectivity index (χ4n) is 2.55. The molecule has 3 heteroatoms. The highest BCUT2D eigenvalue weighted by molar-refractivity contribution is 4.98. The van der Waals surface area contributed by atoms with Crippen LogP contribution in [0.4, 0.5) is 0 Å². The van der Waals surface area contributed by atoms with Gasteiger partial charge in [-0.25, -0.2) is 0 Å². The number of aliphatic hydroxyl groups excluding tert-OH is 1. The van der Waals surface area contributed by atoms with Crippen LogP contribution in [0.25, 0.3) is 0 Å². The normalized spacial score (nSPS) is 43.0. The Morgan fingerprint density at radius 2 is 2.50 bits per heavy atom. The molecule has 2 aliphatic heterocycles. The van der Waals surface area contributed by atoms with E-state index in [1.807, 2.05) is 0 Å². The van der Waals surface area contributed by atoms with Gasteiger partial charge in [-0.3, -0.25) is 0 Å². The summed E-state index contributed by atoms with van der Waals surface area (Å²) < 4.78 is 0. The van der Waals surface area contributed by atoms with Crippen molar-refractivity contribution in [3.63, 3.8) is 0 Å².